The molecule has 1 N–H and O–H groups in total. The van der Waals surface area contributed by atoms with Gasteiger partial charge in [-0.05, 0) is 36.2 Å². The van der Waals surface area contributed by atoms with E-state index in [1.807, 2.05) is 15.9 Å². The molecule has 0 radical (unpaired) electrons. The van der Waals surface area contributed by atoms with Crippen molar-refractivity contribution in [2.45, 2.75) is 18.3 Å². The van der Waals surface area contributed by atoms with Crippen molar-refractivity contribution in [3.63, 3.8) is 0 Å². The highest BCUT2D eigenvalue weighted by Gasteiger charge is 2.37. The first-order valence-electron chi connectivity index (χ1n) is 10.5. The lowest BCUT2D eigenvalue weighted by molar-refractivity contribution is 0.121. The Bertz CT molecular complexity index is 982. The predicted molar refractivity (Wildman–Crippen MR) is 116 cm³/mol. The highest BCUT2D eigenvalue weighted by molar-refractivity contribution is 5.76. The van der Waals surface area contributed by atoms with Crippen LogP contribution in [-0.2, 0) is 0 Å². The van der Waals surface area contributed by atoms with E-state index in [-0.39, 0.29) is 6.03 Å². The summed E-state index contributed by atoms with van der Waals surface area (Å²) in [6, 6.07) is 19.2. The molecule has 3 aromatic rings. The molecule has 154 valence electrons. The summed E-state index contributed by atoms with van der Waals surface area (Å²) >= 11 is 0. The second-order valence-electron chi connectivity index (χ2n) is 8.21. The van der Waals surface area contributed by atoms with Crippen LogP contribution in [0.25, 0.3) is 0 Å². The molecular formula is C23H26N6O. The fourth-order valence-electron chi connectivity index (χ4n) is 4.41. The Morgan fingerprint density at radius 1 is 0.967 bits per heavy atom. The van der Waals surface area contributed by atoms with E-state index in [1.54, 1.807) is 6.20 Å². The Hall–Kier alpha value is -3.35. The van der Waals surface area contributed by atoms with Crippen LogP contribution < -0.4 is 4.90 Å². The van der Waals surface area contributed by atoms with Crippen molar-refractivity contribution in [1.82, 2.24) is 25.2 Å². The lowest BCUT2D eigenvalue weighted by Crippen LogP contribution is -2.53. The summed E-state index contributed by atoms with van der Waals surface area (Å²) in [5.41, 5.74) is 4.65. The average Bonchev–Trinajstić information content (AvgIpc) is 3.45. The largest absolute Gasteiger partial charge is 0.345 e. The van der Waals surface area contributed by atoms with E-state index < -0.39 is 0 Å². The standard InChI is InChI=1S/C23H26N6O/c1-27(20-5-3-2-4-6-20)21-9-7-17(8-10-21)19-15-29(16-19)23(30)28-12-11-18(14-28)22-13-24-26-25-22/h2-10,13,18-19H,11-12,14-16H2,1H3,(H,24,25,26)/t18-/m0/s1. The zero-order chi connectivity index (χ0) is 20.5. The predicted octanol–water partition coefficient (Wildman–Crippen LogP) is 3.58. The number of nitrogens with zero attached hydrogens (tertiary/aromatic N) is 5. The summed E-state index contributed by atoms with van der Waals surface area (Å²) in [5, 5.41) is 10.6. The number of hydrogen-bond acceptors (Lipinski definition) is 4. The number of para-hydroxylation sites is 1. The first kappa shape index (κ1) is 18.7. The molecule has 2 aliphatic heterocycles. The zero-order valence-corrected chi connectivity index (χ0v) is 17.1. The van der Waals surface area contributed by atoms with Gasteiger partial charge in [-0.15, -0.1) is 5.10 Å². The van der Waals surface area contributed by atoms with Gasteiger partial charge in [-0.2, -0.15) is 0 Å². The molecule has 2 aliphatic rings. The Balaban J connectivity index is 1.15. The highest BCUT2D eigenvalue weighted by atomic mass is 16.2. The van der Waals surface area contributed by atoms with Gasteiger partial charge in [0.2, 0.25) is 0 Å². The first-order chi connectivity index (χ1) is 14.7. The molecule has 0 spiro atoms. The van der Waals surface area contributed by atoms with Crippen LogP contribution in [0.1, 0.15) is 29.5 Å². The number of nitrogens with one attached hydrogen (secondary N) is 1. The average molecular weight is 403 g/mol. The van der Waals surface area contributed by atoms with Crippen molar-refractivity contribution in [3.05, 3.63) is 72.1 Å². The summed E-state index contributed by atoms with van der Waals surface area (Å²) in [4.78, 5) is 18.9. The van der Waals surface area contributed by atoms with E-state index in [0.29, 0.717) is 11.8 Å². The van der Waals surface area contributed by atoms with E-state index in [0.717, 1.165) is 44.0 Å². The molecule has 0 unspecified atom stereocenters. The van der Waals surface area contributed by atoms with Crippen molar-refractivity contribution in [1.29, 1.82) is 0 Å². The summed E-state index contributed by atoms with van der Waals surface area (Å²) in [6.45, 7) is 3.12. The topological polar surface area (TPSA) is 68.4 Å². The smallest absolute Gasteiger partial charge is 0.320 e. The van der Waals surface area contributed by atoms with Crippen LogP contribution in [0, 0.1) is 0 Å². The number of carbonyl (C=O) groups is 1. The van der Waals surface area contributed by atoms with Crippen LogP contribution >= 0.6 is 0 Å². The highest BCUT2D eigenvalue weighted by Crippen LogP contribution is 2.32. The maximum Gasteiger partial charge on any atom is 0.320 e. The maximum absolute atomic E-state index is 12.8. The van der Waals surface area contributed by atoms with Gasteiger partial charge in [0.1, 0.15) is 0 Å². The van der Waals surface area contributed by atoms with Crippen molar-refractivity contribution < 1.29 is 4.79 Å². The summed E-state index contributed by atoms with van der Waals surface area (Å²) in [5.74, 6) is 0.732. The van der Waals surface area contributed by atoms with Crippen LogP contribution in [0.15, 0.2) is 60.8 Å². The van der Waals surface area contributed by atoms with Crippen molar-refractivity contribution >= 4 is 17.4 Å². The van der Waals surface area contributed by atoms with E-state index in [9.17, 15) is 4.79 Å². The zero-order valence-electron chi connectivity index (χ0n) is 17.1. The molecule has 2 fully saturated rings. The van der Waals surface area contributed by atoms with Gasteiger partial charge in [0.15, 0.2) is 0 Å². The number of aromatic nitrogens is 3. The number of H-pyrrole nitrogens is 1. The van der Waals surface area contributed by atoms with Gasteiger partial charge in [-0.25, -0.2) is 4.79 Å². The number of likely N-dealkylation sites (tertiary alicyclic amines) is 2. The Kier molecular flexibility index (Phi) is 4.86. The molecule has 30 heavy (non-hydrogen) atoms. The number of urea groups is 1. The number of anilines is 2. The van der Waals surface area contributed by atoms with Gasteiger partial charge in [0, 0.05) is 56.4 Å². The molecule has 1 aromatic heterocycles. The van der Waals surface area contributed by atoms with E-state index >= 15 is 0 Å². The molecule has 1 atom stereocenters. The molecule has 0 saturated carbocycles. The van der Waals surface area contributed by atoms with Crippen LogP contribution in [0.3, 0.4) is 0 Å². The van der Waals surface area contributed by atoms with Crippen molar-refractivity contribution in [2.75, 3.05) is 38.1 Å². The van der Waals surface area contributed by atoms with Gasteiger partial charge in [-0.1, -0.05) is 35.5 Å². The van der Waals surface area contributed by atoms with E-state index in [1.165, 1.54) is 11.3 Å². The second kappa shape index (κ2) is 7.82. The second-order valence-corrected chi connectivity index (χ2v) is 8.21. The number of amides is 2. The van der Waals surface area contributed by atoms with Gasteiger partial charge in [0.05, 0.1) is 11.9 Å². The minimum atomic E-state index is 0.154. The molecule has 7 nitrogen and oxygen atoms in total. The van der Waals surface area contributed by atoms with Gasteiger partial charge in [0.25, 0.3) is 0 Å². The quantitative estimate of drug-likeness (QED) is 0.724. The molecule has 2 aromatic carbocycles. The normalized spacial score (nSPS) is 19.0. The fraction of sp³-hybridized carbons (Fsp3) is 0.348. The number of benzene rings is 2. The first-order valence-corrected chi connectivity index (χ1v) is 10.5. The Morgan fingerprint density at radius 2 is 1.67 bits per heavy atom. The minimum absolute atomic E-state index is 0.154. The number of aromatic amines is 1. The van der Waals surface area contributed by atoms with Gasteiger partial charge >= 0.3 is 6.03 Å². The van der Waals surface area contributed by atoms with Crippen LogP contribution in [-0.4, -0.2) is 64.5 Å². The third kappa shape index (κ3) is 3.51. The van der Waals surface area contributed by atoms with E-state index in [2.05, 4.69) is 75.9 Å². The molecule has 3 heterocycles. The molecule has 7 heteroatoms. The summed E-state index contributed by atoms with van der Waals surface area (Å²) in [7, 11) is 2.08. The monoisotopic (exact) mass is 402 g/mol. The molecule has 0 aliphatic carbocycles. The maximum atomic E-state index is 12.8. The van der Waals surface area contributed by atoms with Gasteiger partial charge < -0.3 is 14.7 Å². The number of hydrogen-bond donors (Lipinski definition) is 1. The lowest BCUT2D eigenvalue weighted by atomic mass is 9.91. The Labute approximate surface area is 176 Å². The van der Waals surface area contributed by atoms with Crippen LogP contribution in [0.2, 0.25) is 0 Å². The summed E-state index contributed by atoms with van der Waals surface area (Å²) < 4.78 is 0. The molecule has 0 bridgehead atoms. The van der Waals surface area contributed by atoms with Crippen molar-refractivity contribution in [3.8, 4) is 0 Å². The van der Waals surface area contributed by atoms with Crippen molar-refractivity contribution in [2.24, 2.45) is 0 Å². The minimum Gasteiger partial charge on any atom is -0.345 e. The number of carbonyl (C=O) groups excluding carboxylic acids is 1. The van der Waals surface area contributed by atoms with Crippen LogP contribution in [0.5, 0.6) is 0 Å². The lowest BCUT2D eigenvalue weighted by Gasteiger charge is -2.41. The third-order valence-electron chi connectivity index (χ3n) is 6.38. The molecular weight excluding hydrogens is 376 g/mol. The molecule has 2 amide bonds. The SMILES string of the molecule is CN(c1ccccc1)c1ccc(C2CN(C(=O)N3CC[C@H](c4cnn[nH]4)C3)C2)cc1. The fourth-order valence-corrected chi connectivity index (χ4v) is 4.41. The molecule has 5 rings (SSSR count). The van der Waals surface area contributed by atoms with Crippen LogP contribution in [0.4, 0.5) is 16.2 Å². The van der Waals surface area contributed by atoms with Gasteiger partial charge in [-0.3, -0.25) is 5.10 Å². The summed E-state index contributed by atoms with van der Waals surface area (Å²) in [6.07, 6.45) is 2.72. The third-order valence-corrected chi connectivity index (χ3v) is 6.38. The Morgan fingerprint density at radius 3 is 2.37 bits per heavy atom. The van der Waals surface area contributed by atoms with E-state index in [4.69, 9.17) is 0 Å². The number of rotatable bonds is 4. The molecule has 2 saturated heterocycles.